The van der Waals surface area contributed by atoms with Gasteiger partial charge in [-0.05, 0) is 0 Å². The molecular formula is C6H10N2O3. The molecule has 2 N–H and O–H groups in total. The molecule has 5 nitrogen and oxygen atoms in total. The van der Waals surface area contributed by atoms with Gasteiger partial charge in [0, 0.05) is 7.11 Å². The SMILES string of the molecule is COCc1[nH][nH]c(=O)c1OC. The van der Waals surface area contributed by atoms with Crippen molar-refractivity contribution < 1.29 is 9.47 Å². The molecule has 0 unspecified atom stereocenters. The summed E-state index contributed by atoms with van der Waals surface area (Å²) in [7, 11) is 2.99. The Hall–Kier alpha value is -1.23. The standard InChI is InChI=1S/C6H10N2O3/c1-10-3-4-5(11-2)6(9)8-7-4/h3H2,1-2H3,(H2,7,8,9). The molecule has 0 bridgehead atoms. The first-order chi connectivity index (χ1) is 5.29. The number of methoxy groups -OCH3 is 2. The Bertz CT molecular complexity index is 276. The van der Waals surface area contributed by atoms with Crippen molar-refractivity contribution >= 4 is 0 Å². The van der Waals surface area contributed by atoms with E-state index in [-0.39, 0.29) is 11.3 Å². The summed E-state index contributed by atoms with van der Waals surface area (Å²) in [4.78, 5) is 10.9. The summed E-state index contributed by atoms with van der Waals surface area (Å²) in [5, 5.41) is 5.03. The minimum Gasteiger partial charge on any atom is -0.490 e. The van der Waals surface area contributed by atoms with Gasteiger partial charge in [0.05, 0.1) is 13.7 Å². The van der Waals surface area contributed by atoms with Gasteiger partial charge < -0.3 is 9.47 Å². The molecule has 0 spiro atoms. The second-order valence-corrected chi connectivity index (χ2v) is 2.02. The summed E-state index contributed by atoms with van der Waals surface area (Å²) in [5.41, 5.74) is 0.361. The van der Waals surface area contributed by atoms with E-state index in [2.05, 4.69) is 10.2 Å². The lowest BCUT2D eigenvalue weighted by molar-refractivity contribution is 0.178. The van der Waals surface area contributed by atoms with Gasteiger partial charge in [0.1, 0.15) is 5.69 Å². The van der Waals surface area contributed by atoms with E-state index in [0.717, 1.165) is 0 Å². The van der Waals surface area contributed by atoms with Gasteiger partial charge in [-0.2, -0.15) is 0 Å². The van der Waals surface area contributed by atoms with Gasteiger partial charge in [0.15, 0.2) is 0 Å². The van der Waals surface area contributed by atoms with E-state index in [1.807, 2.05) is 0 Å². The summed E-state index contributed by atoms with van der Waals surface area (Å²) in [6.07, 6.45) is 0. The summed E-state index contributed by atoms with van der Waals surface area (Å²) in [6, 6.07) is 0. The summed E-state index contributed by atoms with van der Waals surface area (Å²) >= 11 is 0. The van der Waals surface area contributed by atoms with Crippen molar-refractivity contribution in [2.75, 3.05) is 14.2 Å². The van der Waals surface area contributed by atoms with Gasteiger partial charge in [-0.1, -0.05) is 0 Å². The monoisotopic (exact) mass is 158 g/mol. The van der Waals surface area contributed by atoms with Gasteiger partial charge >= 0.3 is 5.56 Å². The number of hydrogen-bond acceptors (Lipinski definition) is 3. The van der Waals surface area contributed by atoms with Gasteiger partial charge in [-0.3, -0.25) is 15.0 Å². The zero-order valence-corrected chi connectivity index (χ0v) is 6.43. The lowest BCUT2D eigenvalue weighted by atomic mass is 10.4. The van der Waals surface area contributed by atoms with Crippen LogP contribution in [0.1, 0.15) is 5.69 Å². The van der Waals surface area contributed by atoms with Crippen LogP contribution in [-0.4, -0.2) is 24.4 Å². The Kier molecular flexibility index (Phi) is 2.32. The van der Waals surface area contributed by atoms with Crippen molar-refractivity contribution in [3.63, 3.8) is 0 Å². The maximum atomic E-state index is 10.9. The van der Waals surface area contributed by atoms with E-state index in [1.54, 1.807) is 7.11 Å². The van der Waals surface area contributed by atoms with Crippen LogP contribution in [0.4, 0.5) is 0 Å². The van der Waals surface area contributed by atoms with Crippen LogP contribution in [0.5, 0.6) is 5.75 Å². The largest absolute Gasteiger partial charge is 0.490 e. The molecular weight excluding hydrogens is 148 g/mol. The molecule has 0 aliphatic heterocycles. The molecule has 1 heterocycles. The van der Waals surface area contributed by atoms with Crippen LogP contribution in [-0.2, 0) is 11.3 Å². The molecule has 0 atom stereocenters. The fourth-order valence-electron chi connectivity index (χ4n) is 0.845. The van der Waals surface area contributed by atoms with Crippen LogP contribution in [0.25, 0.3) is 0 Å². The normalized spacial score (nSPS) is 10.0. The smallest absolute Gasteiger partial charge is 0.306 e. The number of hydrogen-bond donors (Lipinski definition) is 2. The fraction of sp³-hybridized carbons (Fsp3) is 0.500. The minimum absolute atomic E-state index is 0.264. The number of ether oxygens (including phenoxy) is 2. The number of rotatable bonds is 3. The van der Waals surface area contributed by atoms with E-state index in [1.165, 1.54) is 7.11 Å². The summed E-state index contributed by atoms with van der Waals surface area (Å²) in [6.45, 7) is 0.335. The van der Waals surface area contributed by atoms with E-state index in [9.17, 15) is 4.79 Å². The number of aromatic nitrogens is 2. The Balaban J connectivity index is 2.96. The third-order valence-electron chi connectivity index (χ3n) is 1.30. The van der Waals surface area contributed by atoms with E-state index >= 15 is 0 Å². The van der Waals surface area contributed by atoms with Crippen molar-refractivity contribution in [1.29, 1.82) is 0 Å². The Morgan fingerprint density at radius 2 is 2.09 bits per heavy atom. The average Bonchev–Trinajstić information content (AvgIpc) is 2.33. The molecule has 11 heavy (non-hydrogen) atoms. The van der Waals surface area contributed by atoms with E-state index in [4.69, 9.17) is 9.47 Å². The van der Waals surface area contributed by atoms with Crippen LogP contribution >= 0.6 is 0 Å². The maximum Gasteiger partial charge on any atom is 0.306 e. The summed E-state index contributed by atoms with van der Waals surface area (Å²) < 4.78 is 9.63. The predicted molar refractivity (Wildman–Crippen MR) is 38.7 cm³/mol. The molecule has 0 radical (unpaired) electrons. The quantitative estimate of drug-likeness (QED) is 0.643. The zero-order chi connectivity index (χ0) is 8.27. The lowest BCUT2D eigenvalue weighted by Gasteiger charge is -1.97. The molecule has 0 amide bonds. The summed E-state index contributed by atoms with van der Waals surface area (Å²) in [5.74, 6) is 0.284. The van der Waals surface area contributed by atoms with Crippen LogP contribution in [0, 0.1) is 0 Å². The molecule has 1 rings (SSSR count). The zero-order valence-electron chi connectivity index (χ0n) is 6.43. The van der Waals surface area contributed by atoms with Crippen molar-refractivity contribution in [3.8, 4) is 5.75 Å². The molecule has 0 aliphatic rings. The van der Waals surface area contributed by atoms with Crippen molar-refractivity contribution in [2.24, 2.45) is 0 Å². The van der Waals surface area contributed by atoms with E-state index < -0.39 is 0 Å². The first kappa shape index (κ1) is 7.87. The van der Waals surface area contributed by atoms with Gasteiger partial charge in [0.2, 0.25) is 5.75 Å². The third-order valence-corrected chi connectivity index (χ3v) is 1.30. The second-order valence-electron chi connectivity index (χ2n) is 2.02. The Labute approximate surface area is 63.3 Å². The topological polar surface area (TPSA) is 67.1 Å². The third kappa shape index (κ3) is 1.43. The molecule has 0 aromatic carbocycles. The van der Waals surface area contributed by atoms with Gasteiger partial charge in [-0.25, -0.2) is 0 Å². The molecule has 0 aliphatic carbocycles. The molecule has 0 saturated carbocycles. The number of aromatic amines is 2. The minimum atomic E-state index is -0.264. The highest BCUT2D eigenvalue weighted by molar-refractivity contribution is 5.22. The highest BCUT2D eigenvalue weighted by Crippen LogP contribution is 2.08. The van der Waals surface area contributed by atoms with Crippen LogP contribution in [0.2, 0.25) is 0 Å². The van der Waals surface area contributed by atoms with Crippen LogP contribution < -0.4 is 10.3 Å². The molecule has 1 aromatic rings. The predicted octanol–water partition coefficient (Wildman–Crippen LogP) is -0.142. The molecule has 1 aromatic heterocycles. The molecule has 0 fully saturated rings. The second kappa shape index (κ2) is 3.25. The number of H-pyrrole nitrogens is 2. The first-order valence-electron chi connectivity index (χ1n) is 3.12. The average molecular weight is 158 g/mol. The number of nitrogens with one attached hydrogen (secondary N) is 2. The van der Waals surface area contributed by atoms with Gasteiger partial charge in [-0.15, -0.1) is 0 Å². The highest BCUT2D eigenvalue weighted by Gasteiger charge is 2.08. The highest BCUT2D eigenvalue weighted by atomic mass is 16.5. The molecule has 5 heteroatoms. The Morgan fingerprint density at radius 1 is 1.36 bits per heavy atom. The van der Waals surface area contributed by atoms with Crippen LogP contribution in [0.15, 0.2) is 4.79 Å². The Morgan fingerprint density at radius 3 is 2.64 bits per heavy atom. The fourth-order valence-corrected chi connectivity index (χ4v) is 0.845. The first-order valence-corrected chi connectivity index (χ1v) is 3.12. The maximum absolute atomic E-state index is 10.9. The van der Waals surface area contributed by atoms with Gasteiger partial charge in [0.25, 0.3) is 0 Å². The molecule has 0 saturated heterocycles. The van der Waals surface area contributed by atoms with Crippen molar-refractivity contribution in [1.82, 2.24) is 10.2 Å². The van der Waals surface area contributed by atoms with Crippen molar-refractivity contribution in [2.45, 2.75) is 6.61 Å². The van der Waals surface area contributed by atoms with E-state index in [0.29, 0.717) is 12.3 Å². The van der Waals surface area contributed by atoms with Crippen LogP contribution in [0.3, 0.4) is 0 Å². The molecule has 62 valence electrons. The van der Waals surface area contributed by atoms with Crippen molar-refractivity contribution in [3.05, 3.63) is 16.0 Å². The lowest BCUT2D eigenvalue weighted by Crippen LogP contribution is -2.02.